The van der Waals surface area contributed by atoms with Crippen LogP contribution >= 0.6 is 0 Å². The number of hydrogen-bond donors (Lipinski definition) is 2. The molecule has 0 radical (unpaired) electrons. The Labute approximate surface area is 236 Å². The molecule has 0 bridgehead atoms. The number of carbonyl (C=O) groups is 3. The summed E-state index contributed by atoms with van der Waals surface area (Å²) in [7, 11) is 1.62. The highest BCUT2D eigenvalue weighted by molar-refractivity contribution is 5.92. The van der Waals surface area contributed by atoms with Crippen LogP contribution in [-0.4, -0.2) is 74.6 Å². The Hall–Kier alpha value is -4.51. The maximum absolute atomic E-state index is 14.7. The van der Waals surface area contributed by atoms with Gasteiger partial charge in [-0.1, -0.05) is 48.5 Å². The van der Waals surface area contributed by atoms with Gasteiger partial charge in [-0.15, -0.1) is 0 Å². The summed E-state index contributed by atoms with van der Waals surface area (Å²) in [6.45, 7) is 1.64. The third-order valence-electron chi connectivity index (χ3n) is 7.60. The lowest BCUT2D eigenvalue weighted by Crippen LogP contribution is -2.78. The quantitative estimate of drug-likeness (QED) is 0.480. The lowest BCUT2D eigenvalue weighted by atomic mass is 9.95. The van der Waals surface area contributed by atoms with Crippen molar-refractivity contribution in [3.05, 3.63) is 101 Å². The SMILES string of the molecule is C[C@H]1C2N(C(=O)CN(C)N2C(=O)NCc2ccccc2)[C@@H](Cc2ccc(O)cc2)C(=O)N1Cc1ccc(F)cc1F. The second-order valence-electron chi connectivity index (χ2n) is 10.3. The number of hydrogen-bond acceptors (Lipinski definition) is 5. The van der Waals surface area contributed by atoms with Crippen LogP contribution in [0.15, 0.2) is 72.8 Å². The van der Waals surface area contributed by atoms with Crippen LogP contribution < -0.4 is 5.32 Å². The second kappa shape index (κ2) is 11.5. The van der Waals surface area contributed by atoms with Crippen molar-refractivity contribution in [1.29, 1.82) is 0 Å². The number of piperazine rings is 1. The zero-order chi connectivity index (χ0) is 29.3. The van der Waals surface area contributed by atoms with Crippen LogP contribution in [0.3, 0.4) is 0 Å². The van der Waals surface area contributed by atoms with Gasteiger partial charge in [-0.05, 0) is 36.2 Å². The molecule has 5 rings (SSSR count). The van der Waals surface area contributed by atoms with Gasteiger partial charge in [-0.2, -0.15) is 0 Å². The van der Waals surface area contributed by atoms with Gasteiger partial charge in [0.15, 0.2) is 0 Å². The topological polar surface area (TPSA) is 96.4 Å². The van der Waals surface area contributed by atoms with Crippen molar-refractivity contribution in [3.8, 4) is 5.75 Å². The largest absolute Gasteiger partial charge is 0.508 e. The molecule has 2 aliphatic rings. The van der Waals surface area contributed by atoms with Gasteiger partial charge >= 0.3 is 6.03 Å². The number of aromatic hydroxyl groups is 1. The summed E-state index contributed by atoms with van der Waals surface area (Å²) in [5, 5.41) is 15.6. The van der Waals surface area contributed by atoms with E-state index in [4.69, 9.17) is 0 Å². The molecular formula is C30H31F2N5O4. The first-order chi connectivity index (χ1) is 19.6. The molecule has 3 aromatic rings. The van der Waals surface area contributed by atoms with Crippen LogP contribution in [0.25, 0.3) is 0 Å². The Morgan fingerprint density at radius 2 is 1.71 bits per heavy atom. The van der Waals surface area contributed by atoms with Crippen LogP contribution in [-0.2, 0) is 29.1 Å². The summed E-state index contributed by atoms with van der Waals surface area (Å²) in [6.07, 6.45) is -0.792. The number of rotatable bonds is 6. The van der Waals surface area contributed by atoms with E-state index in [2.05, 4.69) is 5.32 Å². The molecule has 0 spiro atoms. The van der Waals surface area contributed by atoms with Crippen molar-refractivity contribution in [2.45, 2.75) is 44.7 Å². The highest BCUT2D eigenvalue weighted by atomic mass is 19.1. The predicted octanol–water partition coefficient (Wildman–Crippen LogP) is 3.24. The van der Waals surface area contributed by atoms with E-state index in [0.29, 0.717) is 5.56 Å². The van der Waals surface area contributed by atoms with Gasteiger partial charge in [0, 0.05) is 38.2 Å². The average Bonchev–Trinajstić information content (AvgIpc) is 2.94. The minimum absolute atomic E-state index is 0.0561. The minimum Gasteiger partial charge on any atom is -0.508 e. The molecule has 4 amide bonds. The molecule has 11 heteroatoms. The number of phenols is 1. The van der Waals surface area contributed by atoms with Crippen LogP contribution in [0.1, 0.15) is 23.6 Å². The molecule has 2 saturated heterocycles. The van der Waals surface area contributed by atoms with Gasteiger partial charge in [-0.25, -0.2) is 23.6 Å². The third kappa shape index (κ3) is 5.71. The van der Waals surface area contributed by atoms with Crippen molar-refractivity contribution in [3.63, 3.8) is 0 Å². The first kappa shape index (κ1) is 28.0. The first-order valence-electron chi connectivity index (χ1n) is 13.3. The second-order valence-corrected chi connectivity index (χ2v) is 10.3. The molecular weight excluding hydrogens is 532 g/mol. The van der Waals surface area contributed by atoms with Crippen molar-refractivity contribution >= 4 is 17.8 Å². The molecule has 2 N–H and O–H groups in total. The van der Waals surface area contributed by atoms with E-state index in [1.165, 1.54) is 38.0 Å². The number of phenolic OH excluding ortho intramolecular Hbond substituents is 1. The van der Waals surface area contributed by atoms with Crippen LogP contribution in [0, 0.1) is 11.6 Å². The summed E-state index contributed by atoms with van der Waals surface area (Å²) in [6, 6.07) is 16.6. The summed E-state index contributed by atoms with van der Waals surface area (Å²) >= 11 is 0. The molecule has 41 heavy (non-hydrogen) atoms. The number of hydrazine groups is 1. The fourth-order valence-electron chi connectivity index (χ4n) is 5.51. The molecule has 1 unspecified atom stereocenters. The molecule has 3 aromatic carbocycles. The molecule has 2 heterocycles. The predicted molar refractivity (Wildman–Crippen MR) is 146 cm³/mol. The molecule has 9 nitrogen and oxygen atoms in total. The van der Waals surface area contributed by atoms with Crippen LogP contribution in [0.2, 0.25) is 0 Å². The first-order valence-corrected chi connectivity index (χ1v) is 13.3. The Morgan fingerprint density at radius 1 is 1.00 bits per heavy atom. The highest BCUT2D eigenvalue weighted by Crippen LogP contribution is 2.33. The number of fused-ring (bicyclic) bond motifs is 1. The fourth-order valence-corrected chi connectivity index (χ4v) is 5.51. The Morgan fingerprint density at radius 3 is 2.39 bits per heavy atom. The lowest BCUT2D eigenvalue weighted by molar-refractivity contribution is -0.196. The van der Waals surface area contributed by atoms with E-state index >= 15 is 0 Å². The van der Waals surface area contributed by atoms with Crippen LogP contribution in [0.5, 0.6) is 5.75 Å². The normalized spacial score (nSPS) is 21.2. The fraction of sp³-hybridized carbons (Fsp3) is 0.300. The zero-order valence-corrected chi connectivity index (χ0v) is 22.7. The third-order valence-corrected chi connectivity index (χ3v) is 7.60. The number of benzene rings is 3. The number of nitrogens with zero attached hydrogens (tertiary/aromatic N) is 4. The molecule has 2 aliphatic heterocycles. The number of urea groups is 1. The number of nitrogens with one attached hydrogen (secondary N) is 1. The average molecular weight is 564 g/mol. The Balaban J connectivity index is 1.51. The minimum atomic E-state index is -1.00. The summed E-state index contributed by atoms with van der Waals surface area (Å²) in [4.78, 5) is 44.0. The van der Waals surface area contributed by atoms with E-state index in [1.54, 1.807) is 26.1 Å². The number of amides is 4. The molecule has 0 aromatic heterocycles. The van der Waals surface area contributed by atoms with Crippen molar-refractivity contribution in [2.75, 3.05) is 13.6 Å². The lowest BCUT2D eigenvalue weighted by Gasteiger charge is -2.57. The van der Waals surface area contributed by atoms with E-state index in [0.717, 1.165) is 17.7 Å². The Bertz CT molecular complexity index is 1440. The van der Waals surface area contributed by atoms with Gasteiger partial charge in [0.1, 0.15) is 29.6 Å². The monoisotopic (exact) mass is 563 g/mol. The number of likely N-dealkylation sites (N-methyl/N-ethyl adjacent to an activating group) is 1. The highest BCUT2D eigenvalue weighted by Gasteiger charge is 2.54. The molecule has 0 saturated carbocycles. The van der Waals surface area contributed by atoms with Crippen molar-refractivity contribution in [2.24, 2.45) is 0 Å². The van der Waals surface area contributed by atoms with E-state index in [-0.39, 0.29) is 43.3 Å². The molecule has 214 valence electrons. The summed E-state index contributed by atoms with van der Waals surface area (Å²) in [5.41, 5.74) is 1.69. The van der Waals surface area contributed by atoms with Gasteiger partial charge in [0.05, 0.1) is 12.6 Å². The van der Waals surface area contributed by atoms with E-state index < -0.39 is 41.8 Å². The summed E-state index contributed by atoms with van der Waals surface area (Å²) < 4.78 is 28.3. The number of carbonyl (C=O) groups excluding carboxylic acids is 3. The van der Waals surface area contributed by atoms with Crippen molar-refractivity contribution in [1.82, 2.24) is 25.1 Å². The maximum atomic E-state index is 14.7. The van der Waals surface area contributed by atoms with E-state index in [9.17, 15) is 28.3 Å². The molecule has 2 fully saturated rings. The van der Waals surface area contributed by atoms with Gasteiger partial charge in [0.25, 0.3) is 0 Å². The number of halogens is 2. The summed E-state index contributed by atoms with van der Waals surface area (Å²) in [5.74, 6) is -2.23. The van der Waals surface area contributed by atoms with Gasteiger partial charge < -0.3 is 20.2 Å². The standard InChI is InChI=1S/C30H31F2N5O4/c1-19-28-36(27(39)18-34(2)37(28)30(41)33-16-21-6-4-3-5-7-21)26(14-20-8-12-24(38)13-9-20)29(40)35(19)17-22-10-11-23(31)15-25(22)32/h3-13,15,19,26,28,38H,14,16-18H2,1-2H3,(H,33,41)/t19-,26-,28?/m0/s1. The van der Waals surface area contributed by atoms with E-state index in [1.807, 2.05) is 30.3 Å². The molecule has 3 atom stereocenters. The van der Waals surface area contributed by atoms with Gasteiger partial charge in [-0.3, -0.25) is 9.59 Å². The Kier molecular flexibility index (Phi) is 7.89. The maximum Gasteiger partial charge on any atom is 0.334 e. The van der Waals surface area contributed by atoms with Crippen LogP contribution in [0.4, 0.5) is 13.6 Å². The van der Waals surface area contributed by atoms with Gasteiger partial charge in [0.2, 0.25) is 11.8 Å². The smallest absolute Gasteiger partial charge is 0.334 e. The van der Waals surface area contributed by atoms with Crippen molar-refractivity contribution < 1.29 is 28.3 Å². The molecule has 0 aliphatic carbocycles. The zero-order valence-electron chi connectivity index (χ0n) is 22.7.